The van der Waals surface area contributed by atoms with Crippen LogP contribution in [0.3, 0.4) is 0 Å². The fourth-order valence-electron chi connectivity index (χ4n) is 2.72. The summed E-state index contributed by atoms with van der Waals surface area (Å²) in [6, 6.07) is 12.2. The van der Waals surface area contributed by atoms with E-state index in [0.717, 1.165) is 12.2 Å². The van der Waals surface area contributed by atoms with Gasteiger partial charge in [0.1, 0.15) is 5.76 Å². The lowest BCUT2D eigenvalue weighted by Gasteiger charge is -2.41. The lowest BCUT2D eigenvalue weighted by molar-refractivity contribution is 0.471. The molecule has 1 aliphatic heterocycles. The zero-order valence-corrected chi connectivity index (χ0v) is 12.6. The highest BCUT2D eigenvalue weighted by Crippen LogP contribution is 2.34. The average Bonchev–Trinajstić information content (AvgIpc) is 2.43. The molecule has 0 amide bonds. The van der Waals surface area contributed by atoms with Crippen LogP contribution in [0, 0.1) is 6.92 Å². The van der Waals surface area contributed by atoms with Gasteiger partial charge in [-0.05, 0) is 32.4 Å². The Bertz CT molecular complexity index is 742. The van der Waals surface area contributed by atoms with Crippen LogP contribution < -0.4 is 10.5 Å². The van der Waals surface area contributed by atoms with Crippen molar-refractivity contribution >= 4 is 11.8 Å². The van der Waals surface area contributed by atoms with Crippen molar-refractivity contribution in [2.24, 2.45) is 0 Å². The van der Waals surface area contributed by atoms with Gasteiger partial charge in [0, 0.05) is 12.6 Å². The Morgan fingerprint density at radius 2 is 1.90 bits per heavy atom. The van der Waals surface area contributed by atoms with E-state index < -0.39 is 0 Å². The molecule has 3 rings (SSSR count). The van der Waals surface area contributed by atoms with E-state index in [1.54, 1.807) is 0 Å². The van der Waals surface area contributed by atoms with Gasteiger partial charge in [-0.2, -0.15) is 0 Å². The number of hydrogen-bond donors (Lipinski definition) is 0. The van der Waals surface area contributed by atoms with E-state index in [9.17, 15) is 4.79 Å². The van der Waals surface area contributed by atoms with E-state index in [1.807, 2.05) is 37.3 Å². The molecule has 2 aromatic rings. The van der Waals surface area contributed by atoms with Crippen LogP contribution in [0.1, 0.15) is 30.7 Å². The van der Waals surface area contributed by atoms with Crippen molar-refractivity contribution in [1.82, 2.24) is 0 Å². The summed E-state index contributed by atoms with van der Waals surface area (Å²) in [4.78, 5) is 14.3. The first-order valence-corrected chi connectivity index (χ1v) is 7.13. The van der Waals surface area contributed by atoms with Crippen LogP contribution in [0.5, 0.6) is 0 Å². The zero-order valence-electron chi connectivity index (χ0n) is 12.6. The summed E-state index contributed by atoms with van der Waals surface area (Å²) in [5.41, 5.74) is 2.38. The van der Waals surface area contributed by atoms with Gasteiger partial charge in [0.25, 0.3) is 0 Å². The maximum Gasteiger partial charge on any atom is 0.345 e. The molecule has 3 heteroatoms. The summed E-state index contributed by atoms with van der Waals surface area (Å²) < 4.78 is 5.21. The number of anilines is 1. The van der Waals surface area contributed by atoms with Crippen molar-refractivity contribution in [1.29, 1.82) is 0 Å². The van der Waals surface area contributed by atoms with E-state index >= 15 is 0 Å². The van der Waals surface area contributed by atoms with Crippen molar-refractivity contribution in [3.63, 3.8) is 0 Å². The monoisotopic (exact) mass is 281 g/mol. The molecule has 108 valence electrons. The second-order valence-corrected chi connectivity index (χ2v) is 6.00. The summed E-state index contributed by atoms with van der Waals surface area (Å²) in [7, 11) is 0. The van der Waals surface area contributed by atoms with Crippen LogP contribution in [0.15, 0.2) is 51.7 Å². The first-order valence-electron chi connectivity index (χ1n) is 7.13. The molecular formula is C18H19NO2. The number of hydrogen-bond acceptors (Lipinski definition) is 3. The second-order valence-electron chi connectivity index (χ2n) is 6.00. The van der Waals surface area contributed by atoms with E-state index in [-0.39, 0.29) is 11.2 Å². The molecule has 0 aliphatic carbocycles. The summed E-state index contributed by atoms with van der Waals surface area (Å²) in [5.74, 6) is 0.642. The highest BCUT2D eigenvalue weighted by atomic mass is 16.4. The van der Waals surface area contributed by atoms with Gasteiger partial charge in [0.15, 0.2) is 0 Å². The molecule has 0 unspecified atom stereocenters. The fourth-order valence-corrected chi connectivity index (χ4v) is 2.72. The maximum absolute atomic E-state index is 12.0. The molecule has 1 aromatic carbocycles. The summed E-state index contributed by atoms with van der Waals surface area (Å²) >= 11 is 0. The van der Waals surface area contributed by atoms with Gasteiger partial charge in [-0.3, -0.25) is 0 Å². The predicted molar refractivity (Wildman–Crippen MR) is 85.5 cm³/mol. The molecule has 0 fully saturated rings. The molecule has 2 heterocycles. The van der Waals surface area contributed by atoms with Crippen molar-refractivity contribution in [2.45, 2.75) is 32.9 Å². The number of nitrogens with zero attached hydrogens (tertiary/aromatic N) is 1. The molecule has 0 atom stereocenters. The molecule has 0 N–H and O–H groups in total. The second kappa shape index (κ2) is 4.92. The minimum atomic E-state index is -0.269. The summed E-state index contributed by atoms with van der Waals surface area (Å²) in [6.07, 6.45) is 3.94. The minimum absolute atomic E-state index is 0.150. The third-order valence-electron chi connectivity index (χ3n) is 3.92. The van der Waals surface area contributed by atoms with Gasteiger partial charge in [-0.15, -0.1) is 0 Å². The maximum atomic E-state index is 12.0. The van der Waals surface area contributed by atoms with E-state index in [0.29, 0.717) is 11.3 Å². The highest BCUT2D eigenvalue weighted by molar-refractivity contribution is 5.72. The summed E-state index contributed by atoms with van der Waals surface area (Å²) in [6.45, 7) is 6.88. The Morgan fingerprint density at radius 3 is 2.62 bits per heavy atom. The van der Waals surface area contributed by atoms with Crippen LogP contribution in [0.4, 0.5) is 5.69 Å². The van der Waals surface area contributed by atoms with E-state index in [1.165, 1.54) is 5.56 Å². The molecular weight excluding hydrogens is 262 g/mol. The first kappa shape index (κ1) is 13.7. The van der Waals surface area contributed by atoms with Crippen LogP contribution in [-0.2, 0) is 6.54 Å². The molecule has 0 saturated carbocycles. The molecule has 0 bridgehead atoms. The molecule has 1 aromatic heterocycles. The topological polar surface area (TPSA) is 33.5 Å². The van der Waals surface area contributed by atoms with Crippen molar-refractivity contribution in [2.75, 3.05) is 4.90 Å². The third-order valence-corrected chi connectivity index (χ3v) is 3.92. The Balaban J connectivity index is 2.10. The van der Waals surface area contributed by atoms with Crippen molar-refractivity contribution in [3.8, 4) is 0 Å². The molecule has 21 heavy (non-hydrogen) atoms. The average molecular weight is 281 g/mol. The molecule has 3 nitrogen and oxygen atoms in total. The minimum Gasteiger partial charge on any atom is -0.428 e. The number of rotatable bonds is 2. The number of benzene rings is 1. The van der Waals surface area contributed by atoms with Gasteiger partial charge in [0.2, 0.25) is 0 Å². The lowest BCUT2D eigenvalue weighted by Crippen LogP contribution is -2.44. The zero-order chi connectivity index (χ0) is 15.0. The normalized spacial score (nSPS) is 15.9. The van der Waals surface area contributed by atoms with Gasteiger partial charge < -0.3 is 9.32 Å². The molecule has 1 aliphatic rings. The number of fused-ring (bicyclic) bond motifs is 1. The largest absolute Gasteiger partial charge is 0.428 e. The Morgan fingerprint density at radius 1 is 1.19 bits per heavy atom. The Labute approximate surface area is 124 Å². The van der Waals surface area contributed by atoms with Crippen molar-refractivity contribution < 1.29 is 4.42 Å². The van der Waals surface area contributed by atoms with E-state index in [4.69, 9.17) is 4.42 Å². The van der Waals surface area contributed by atoms with Crippen LogP contribution in [0.2, 0.25) is 0 Å². The Hall–Kier alpha value is -2.29. The van der Waals surface area contributed by atoms with Gasteiger partial charge in [0.05, 0.1) is 16.8 Å². The van der Waals surface area contributed by atoms with Gasteiger partial charge in [-0.1, -0.05) is 36.4 Å². The SMILES string of the molecule is Cc1cc2c(c(=O)o1)C=CC(C)(C)N2Cc1ccccc1. The fraction of sp³-hybridized carbons (Fsp3) is 0.278. The predicted octanol–water partition coefficient (Wildman–Crippen LogP) is 3.76. The third kappa shape index (κ3) is 2.51. The molecule has 0 spiro atoms. The van der Waals surface area contributed by atoms with E-state index in [2.05, 4.69) is 37.0 Å². The standard InChI is InChI=1S/C18H19NO2/c1-13-11-16-15(17(20)21-13)9-10-18(2,3)19(16)12-14-7-5-4-6-8-14/h4-11H,12H2,1-3H3. The number of aryl methyl sites for hydroxylation is 1. The van der Waals surface area contributed by atoms with Crippen LogP contribution in [0.25, 0.3) is 6.08 Å². The van der Waals surface area contributed by atoms with Crippen LogP contribution in [-0.4, -0.2) is 5.54 Å². The quantitative estimate of drug-likeness (QED) is 0.840. The molecule has 0 saturated heterocycles. The lowest BCUT2D eigenvalue weighted by atomic mass is 9.93. The smallest absolute Gasteiger partial charge is 0.345 e. The highest BCUT2D eigenvalue weighted by Gasteiger charge is 2.30. The van der Waals surface area contributed by atoms with Gasteiger partial charge in [-0.25, -0.2) is 4.79 Å². The first-order chi connectivity index (χ1) is 9.97. The molecule has 0 radical (unpaired) electrons. The summed E-state index contributed by atoms with van der Waals surface area (Å²) in [5, 5.41) is 0. The van der Waals surface area contributed by atoms with Gasteiger partial charge >= 0.3 is 5.63 Å². The van der Waals surface area contributed by atoms with Crippen molar-refractivity contribution in [3.05, 3.63) is 69.8 Å². The Kier molecular flexibility index (Phi) is 3.20. The van der Waals surface area contributed by atoms with Crippen LogP contribution >= 0.6 is 0 Å².